The number of rotatable bonds is 5. The molecule has 1 saturated heterocycles. The highest BCUT2D eigenvalue weighted by Gasteiger charge is 2.30. The third-order valence-corrected chi connectivity index (χ3v) is 4.89. The average Bonchev–Trinajstić information content (AvgIpc) is 3.24. The van der Waals surface area contributed by atoms with Crippen LogP contribution in [-0.2, 0) is 4.79 Å². The van der Waals surface area contributed by atoms with Crippen LogP contribution in [0.3, 0.4) is 0 Å². The number of aromatic nitrogens is 1. The van der Waals surface area contributed by atoms with Gasteiger partial charge in [-0.15, -0.1) is 0 Å². The van der Waals surface area contributed by atoms with E-state index in [0.29, 0.717) is 17.9 Å². The maximum atomic E-state index is 12.9. The highest BCUT2D eigenvalue weighted by molar-refractivity contribution is 6.03. The summed E-state index contributed by atoms with van der Waals surface area (Å²) >= 11 is 0. The van der Waals surface area contributed by atoms with E-state index in [0.717, 1.165) is 22.2 Å². The molecule has 1 aliphatic rings. The van der Waals surface area contributed by atoms with Crippen LogP contribution in [0.4, 0.5) is 5.69 Å². The van der Waals surface area contributed by atoms with E-state index in [1.54, 1.807) is 26.5 Å². The predicted molar refractivity (Wildman–Crippen MR) is 107 cm³/mol. The third kappa shape index (κ3) is 3.62. The van der Waals surface area contributed by atoms with Crippen molar-refractivity contribution >= 4 is 22.5 Å². The molecule has 144 valence electrons. The lowest BCUT2D eigenvalue weighted by molar-refractivity contribution is -0.117. The summed E-state index contributed by atoms with van der Waals surface area (Å²) in [6, 6.07) is 15.0. The molecule has 2 heterocycles. The van der Waals surface area contributed by atoms with Crippen molar-refractivity contribution in [3.05, 3.63) is 60.3 Å². The zero-order chi connectivity index (χ0) is 19.5. The average molecular weight is 378 g/mol. The van der Waals surface area contributed by atoms with Crippen molar-refractivity contribution in [3.8, 4) is 11.5 Å². The summed E-state index contributed by atoms with van der Waals surface area (Å²) in [6.45, 7) is 0. The minimum absolute atomic E-state index is 0.0195. The molecular formula is C21H22N4O3. The van der Waals surface area contributed by atoms with Crippen molar-refractivity contribution in [2.75, 3.05) is 19.5 Å². The summed E-state index contributed by atoms with van der Waals surface area (Å²) in [6.07, 6.45) is 2.33. The normalized spacial score (nSPS) is 18.8. The van der Waals surface area contributed by atoms with Gasteiger partial charge < -0.3 is 14.8 Å². The van der Waals surface area contributed by atoms with Crippen LogP contribution in [0.2, 0.25) is 0 Å². The quantitative estimate of drug-likeness (QED) is 0.633. The number of ether oxygens (including phenoxy) is 2. The van der Waals surface area contributed by atoms with Crippen LogP contribution >= 0.6 is 0 Å². The number of nitrogens with one attached hydrogen (secondary N) is 3. The van der Waals surface area contributed by atoms with Crippen LogP contribution in [-0.4, -0.2) is 31.2 Å². The fourth-order valence-electron chi connectivity index (χ4n) is 3.40. The number of pyridine rings is 1. The lowest BCUT2D eigenvalue weighted by atomic mass is 10.0. The molecule has 7 nitrogen and oxygen atoms in total. The van der Waals surface area contributed by atoms with Crippen molar-refractivity contribution in [1.29, 1.82) is 0 Å². The molecule has 0 spiro atoms. The van der Waals surface area contributed by atoms with Crippen LogP contribution in [0.1, 0.15) is 18.0 Å². The third-order valence-electron chi connectivity index (χ3n) is 4.89. The Balaban J connectivity index is 1.51. The zero-order valence-electron chi connectivity index (χ0n) is 15.7. The summed E-state index contributed by atoms with van der Waals surface area (Å²) < 4.78 is 10.6. The van der Waals surface area contributed by atoms with E-state index in [-0.39, 0.29) is 18.0 Å². The minimum Gasteiger partial charge on any atom is -0.497 e. The van der Waals surface area contributed by atoms with Crippen molar-refractivity contribution in [2.24, 2.45) is 0 Å². The number of hydrazine groups is 1. The van der Waals surface area contributed by atoms with Gasteiger partial charge in [0.2, 0.25) is 5.91 Å². The second-order valence-electron chi connectivity index (χ2n) is 6.65. The Labute approximate surface area is 163 Å². The Morgan fingerprint density at radius 1 is 1.07 bits per heavy atom. The SMILES string of the molecule is COc1cccc(C2CC(C(=O)Nc3cc(OC)cc4cccnc34)NN2)c1. The van der Waals surface area contributed by atoms with Crippen molar-refractivity contribution in [3.63, 3.8) is 0 Å². The number of methoxy groups -OCH3 is 2. The number of hydrogen-bond acceptors (Lipinski definition) is 6. The lowest BCUT2D eigenvalue weighted by Gasteiger charge is -2.13. The number of benzene rings is 2. The fraction of sp³-hybridized carbons (Fsp3) is 0.238. The molecule has 0 radical (unpaired) electrons. The van der Waals surface area contributed by atoms with Crippen molar-refractivity contribution in [1.82, 2.24) is 15.8 Å². The summed E-state index contributed by atoms with van der Waals surface area (Å²) in [7, 11) is 3.24. The van der Waals surface area contributed by atoms with Gasteiger partial charge in [0.05, 0.1) is 25.4 Å². The lowest BCUT2D eigenvalue weighted by Crippen LogP contribution is -2.39. The number of fused-ring (bicyclic) bond motifs is 1. The molecule has 0 saturated carbocycles. The van der Waals surface area contributed by atoms with Gasteiger partial charge in [-0.2, -0.15) is 0 Å². The van der Waals surface area contributed by atoms with Crippen LogP contribution in [0.25, 0.3) is 10.9 Å². The first-order valence-corrected chi connectivity index (χ1v) is 9.06. The molecule has 0 aliphatic carbocycles. The number of amides is 1. The van der Waals surface area contributed by atoms with E-state index in [1.807, 2.05) is 42.5 Å². The van der Waals surface area contributed by atoms with E-state index < -0.39 is 0 Å². The van der Waals surface area contributed by atoms with Gasteiger partial charge in [-0.05, 0) is 36.2 Å². The number of hydrogen-bond donors (Lipinski definition) is 3. The number of anilines is 1. The van der Waals surface area contributed by atoms with Gasteiger partial charge in [-0.3, -0.25) is 9.78 Å². The number of carbonyl (C=O) groups is 1. The number of carbonyl (C=O) groups excluding carboxylic acids is 1. The molecule has 4 rings (SSSR count). The van der Waals surface area contributed by atoms with Crippen LogP contribution in [0.15, 0.2) is 54.7 Å². The first-order valence-electron chi connectivity index (χ1n) is 9.06. The van der Waals surface area contributed by atoms with Crippen LogP contribution < -0.4 is 25.6 Å². The van der Waals surface area contributed by atoms with E-state index in [9.17, 15) is 4.79 Å². The standard InChI is InChI=1S/C21H22N4O3/c1-27-15-7-3-5-13(9-15)17-12-19(25-24-17)21(26)23-18-11-16(28-2)10-14-6-4-8-22-20(14)18/h3-11,17,19,24-25H,12H2,1-2H3,(H,23,26). The molecule has 28 heavy (non-hydrogen) atoms. The molecule has 2 unspecified atom stereocenters. The highest BCUT2D eigenvalue weighted by atomic mass is 16.5. The molecular weight excluding hydrogens is 356 g/mol. The largest absolute Gasteiger partial charge is 0.497 e. The number of nitrogens with zero attached hydrogens (tertiary/aromatic N) is 1. The van der Waals surface area contributed by atoms with Gasteiger partial charge in [0, 0.05) is 23.7 Å². The zero-order valence-corrected chi connectivity index (χ0v) is 15.7. The monoisotopic (exact) mass is 378 g/mol. The molecule has 1 aliphatic heterocycles. The smallest absolute Gasteiger partial charge is 0.242 e. The Morgan fingerprint density at radius 3 is 2.75 bits per heavy atom. The summed E-state index contributed by atoms with van der Waals surface area (Å²) in [5.41, 5.74) is 8.70. The first kappa shape index (κ1) is 18.2. The molecule has 3 aromatic rings. The molecule has 3 N–H and O–H groups in total. The topological polar surface area (TPSA) is 84.5 Å². The Kier molecular flexibility index (Phi) is 5.10. The Morgan fingerprint density at radius 2 is 1.93 bits per heavy atom. The molecule has 7 heteroatoms. The maximum Gasteiger partial charge on any atom is 0.242 e. The van der Waals surface area contributed by atoms with Crippen LogP contribution in [0.5, 0.6) is 11.5 Å². The summed E-state index contributed by atoms with van der Waals surface area (Å²) in [5, 5.41) is 3.89. The van der Waals surface area contributed by atoms with E-state index in [4.69, 9.17) is 9.47 Å². The summed E-state index contributed by atoms with van der Waals surface area (Å²) in [5.74, 6) is 1.33. The highest BCUT2D eigenvalue weighted by Crippen LogP contribution is 2.29. The minimum atomic E-state index is -0.374. The summed E-state index contributed by atoms with van der Waals surface area (Å²) in [4.78, 5) is 17.2. The fourth-order valence-corrected chi connectivity index (χ4v) is 3.40. The van der Waals surface area contributed by atoms with Gasteiger partial charge in [-0.1, -0.05) is 18.2 Å². The Bertz CT molecular complexity index is 1010. The second kappa shape index (κ2) is 7.84. The van der Waals surface area contributed by atoms with E-state index >= 15 is 0 Å². The first-order chi connectivity index (χ1) is 13.7. The van der Waals surface area contributed by atoms with Crippen LogP contribution in [0, 0.1) is 0 Å². The molecule has 1 amide bonds. The molecule has 0 bridgehead atoms. The van der Waals surface area contributed by atoms with E-state index in [2.05, 4.69) is 21.2 Å². The van der Waals surface area contributed by atoms with Gasteiger partial charge in [0.25, 0.3) is 0 Å². The van der Waals surface area contributed by atoms with Crippen molar-refractivity contribution in [2.45, 2.75) is 18.5 Å². The maximum absolute atomic E-state index is 12.9. The van der Waals surface area contributed by atoms with Gasteiger partial charge in [0.1, 0.15) is 17.5 Å². The van der Waals surface area contributed by atoms with Gasteiger partial charge in [0.15, 0.2) is 0 Å². The molecule has 2 atom stereocenters. The van der Waals surface area contributed by atoms with Crippen molar-refractivity contribution < 1.29 is 14.3 Å². The van der Waals surface area contributed by atoms with E-state index in [1.165, 1.54) is 0 Å². The predicted octanol–water partition coefficient (Wildman–Crippen LogP) is 2.80. The Hall–Kier alpha value is -3.16. The van der Waals surface area contributed by atoms with Gasteiger partial charge in [-0.25, -0.2) is 10.9 Å². The van der Waals surface area contributed by atoms with Gasteiger partial charge >= 0.3 is 0 Å². The molecule has 1 aromatic heterocycles. The molecule has 2 aromatic carbocycles. The molecule has 1 fully saturated rings. The second-order valence-corrected chi connectivity index (χ2v) is 6.65.